The molecule has 292 valence electrons. The lowest BCUT2D eigenvalue weighted by Gasteiger charge is -2.53. The van der Waals surface area contributed by atoms with Gasteiger partial charge in [0.25, 0.3) is 0 Å². The Hall–Kier alpha value is -4.71. The third-order valence-corrected chi connectivity index (χ3v) is 10.7. The standard InChI is InChI=1S/C47H51NO8/c1-51-46(50)44-47(27-40(29-49)48(44)28-35-17-7-2-8-18-35)45(55-33-39-25-15-6-16-26-39)43(54-32-38-23-13-5-14-24-38)42(53-31-37-21-11-4-12-22-37)41(56-47)34-52-30-36-19-9-3-10-20-36/h2-26,40-45,49H,27-34H2,1H3/t40-,41?,42?,43?,44+,45?,47?/m0/s1. The SMILES string of the molecule is COC(=O)[C@H]1N(Cc2ccccc2)[C@H](CO)CC12OC(COCc1ccccc1)C(OCc1ccccc1)C(OCc1ccccc1)C2OCc1ccccc1. The number of methoxy groups -OCH3 is 1. The van der Waals surface area contributed by atoms with Gasteiger partial charge < -0.3 is 33.5 Å². The average Bonchev–Trinajstić information content (AvgIpc) is 3.56. The molecule has 5 unspecified atom stereocenters. The molecular weight excluding hydrogens is 707 g/mol. The number of hydrogen-bond donors (Lipinski definition) is 1. The second-order valence-corrected chi connectivity index (χ2v) is 14.5. The summed E-state index contributed by atoms with van der Waals surface area (Å²) >= 11 is 0. The van der Waals surface area contributed by atoms with Crippen LogP contribution in [0.15, 0.2) is 152 Å². The maximum absolute atomic E-state index is 14.4. The zero-order valence-corrected chi connectivity index (χ0v) is 31.8. The highest BCUT2D eigenvalue weighted by Crippen LogP contribution is 2.48. The summed E-state index contributed by atoms with van der Waals surface area (Å²) in [7, 11) is 1.39. The minimum Gasteiger partial charge on any atom is -0.468 e. The van der Waals surface area contributed by atoms with Crippen molar-refractivity contribution in [3.05, 3.63) is 179 Å². The first kappa shape index (κ1) is 39.5. The molecular formula is C47H51NO8. The van der Waals surface area contributed by atoms with Crippen LogP contribution >= 0.6 is 0 Å². The third kappa shape index (κ3) is 9.45. The van der Waals surface area contributed by atoms with Crippen LogP contribution in [0.3, 0.4) is 0 Å². The zero-order chi connectivity index (χ0) is 38.6. The van der Waals surface area contributed by atoms with Gasteiger partial charge in [-0.25, -0.2) is 0 Å². The second-order valence-electron chi connectivity index (χ2n) is 14.5. The summed E-state index contributed by atoms with van der Waals surface area (Å²) in [6.45, 7) is 1.42. The molecule has 0 bridgehead atoms. The average molecular weight is 758 g/mol. The molecule has 0 aliphatic carbocycles. The molecule has 5 aromatic rings. The number of hydrogen-bond acceptors (Lipinski definition) is 9. The fourth-order valence-corrected chi connectivity index (χ4v) is 8.09. The fraction of sp³-hybridized carbons (Fsp3) is 0.340. The minimum absolute atomic E-state index is 0.142. The monoisotopic (exact) mass is 757 g/mol. The van der Waals surface area contributed by atoms with Gasteiger partial charge in [-0.3, -0.25) is 9.69 Å². The number of rotatable bonds is 17. The summed E-state index contributed by atoms with van der Waals surface area (Å²) < 4.78 is 40.4. The molecule has 9 nitrogen and oxygen atoms in total. The lowest BCUT2D eigenvalue weighted by Crippen LogP contribution is -2.71. The van der Waals surface area contributed by atoms with Gasteiger partial charge in [0.05, 0.1) is 46.8 Å². The highest BCUT2D eigenvalue weighted by molar-refractivity contribution is 5.78. The number of aliphatic hydroxyl groups excluding tert-OH is 1. The van der Waals surface area contributed by atoms with E-state index in [-0.39, 0.29) is 39.5 Å². The third-order valence-electron chi connectivity index (χ3n) is 10.7. The van der Waals surface area contributed by atoms with E-state index in [1.165, 1.54) is 7.11 Å². The van der Waals surface area contributed by atoms with Crippen LogP contribution in [0.5, 0.6) is 0 Å². The van der Waals surface area contributed by atoms with Gasteiger partial charge in [0, 0.05) is 12.6 Å². The largest absolute Gasteiger partial charge is 0.468 e. The van der Waals surface area contributed by atoms with Crippen LogP contribution in [0, 0.1) is 0 Å². The van der Waals surface area contributed by atoms with E-state index in [1.807, 2.05) is 157 Å². The number of carbonyl (C=O) groups excluding carboxylic acids is 1. The molecule has 5 aromatic carbocycles. The molecule has 2 aliphatic heterocycles. The van der Waals surface area contributed by atoms with E-state index in [0.29, 0.717) is 13.2 Å². The van der Waals surface area contributed by atoms with Crippen molar-refractivity contribution in [1.82, 2.24) is 4.90 Å². The minimum atomic E-state index is -1.35. The molecule has 7 atom stereocenters. The first-order valence-corrected chi connectivity index (χ1v) is 19.3. The van der Waals surface area contributed by atoms with Crippen LogP contribution in [0.2, 0.25) is 0 Å². The summed E-state index contributed by atoms with van der Waals surface area (Å²) in [5.41, 5.74) is 3.57. The van der Waals surface area contributed by atoms with Gasteiger partial charge in [-0.15, -0.1) is 0 Å². The van der Waals surface area contributed by atoms with E-state index in [1.54, 1.807) is 0 Å². The fourth-order valence-electron chi connectivity index (χ4n) is 8.09. The van der Waals surface area contributed by atoms with Gasteiger partial charge in [-0.1, -0.05) is 152 Å². The Kier molecular flexibility index (Phi) is 13.7. The smallest absolute Gasteiger partial charge is 0.326 e. The molecule has 2 aliphatic rings. The predicted octanol–water partition coefficient (Wildman–Crippen LogP) is 6.91. The maximum atomic E-state index is 14.4. The van der Waals surface area contributed by atoms with Crippen LogP contribution in [0.1, 0.15) is 34.2 Å². The van der Waals surface area contributed by atoms with E-state index in [0.717, 1.165) is 27.8 Å². The van der Waals surface area contributed by atoms with Gasteiger partial charge >= 0.3 is 5.97 Å². The Labute approximate surface area is 329 Å². The maximum Gasteiger partial charge on any atom is 0.326 e. The van der Waals surface area contributed by atoms with E-state index >= 15 is 0 Å². The van der Waals surface area contributed by atoms with Gasteiger partial charge in [-0.2, -0.15) is 0 Å². The summed E-state index contributed by atoms with van der Waals surface area (Å²) in [4.78, 5) is 16.4. The van der Waals surface area contributed by atoms with Crippen molar-refractivity contribution in [2.75, 3.05) is 20.3 Å². The van der Waals surface area contributed by atoms with E-state index < -0.39 is 48.1 Å². The van der Waals surface area contributed by atoms with Gasteiger partial charge in [0.1, 0.15) is 36.1 Å². The lowest BCUT2D eigenvalue weighted by molar-refractivity contribution is -0.312. The lowest BCUT2D eigenvalue weighted by atomic mass is 9.78. The molecule has 2 heterocycles. The molecule has 9 heteroatoms. The van der Waals surface area contributed by atoms with Crippen molar-refractivity contribution < 1.29 is 38.3 Å². The Morgan fingerprint density at radius 3 is 1.57 bits per heavy atom. The molecule has 0 aromatic heterocycles. The van der Waals surface area contributed by atoms with Crippen LogP contribution in [0.25, 0.3) is 0 Å². The number of ether oxygens (including phenoxy) is 6. The highest BCUT2D eigenvalue weighted by atomic mass is 16.6. The number of nitrogens with zero attached hydrogens (tertiary/aromatic N) is 1. The highest BCUT2D eigenvalue weighted by Gasteiger charge is 2.67. The molecule has 0 saturated carbocycles. The van der Waals surface area contributed by atoms with Crippen LogP contribution < -0.4 is 0 Å². The molecule has 1 N–H and O–H groups in total. The first-order chi connectivity index (χ1) is 27.6. The van der Waals surface area contributed by atoms with Gasteiger partial charge in [0.15, 0.2) is 0 Å². The summed E-state index contributed by atoms with van der Waals surface area (Å²) in [6.07, 6.45) is -2.72. The molecule has 56 heavy (non-hydrogen) atoms. The van der Waals surface area contributed by atoms with Gasteiger partial charge in [-0.05, 0) is 34.2 Å². The number of benzene rings is 5. The molecule has 2 fully saturated rings. The summed E-state index contributed by atoms with van der Waals surface area (Å²) in [6, 6.07) is 48.3. The van der Waals surface area contributed by atoms with Crippen molar-refractivity contribution in [2.24, 2.45) is 0 Å². The Morgan fingerprint density at radius 2 is 1.09 bits per heavy atom. The topological polar surface area (TPSA) is 95.9 Å². The second kappa shape index (κ2) is 19.4. The van der Waals surface area contributed by atoms with Gasteiger partial charge in [0.2, 0.25) is 0 Å². The Balaban J connectivity index is 1.33. The van der Waals surface area contributed by atoms with Crippen molar-refractivity contribution in [3.8, 4) is 0 Å². The Bertz CT molecular complexity index is 1900. The number of aliphatic hydroxyl groups is 1. The number of carbonyl (C=O) groups is 1. The normalized spacial score (nSPS) is 25.0. The molecule has 1 spiro atoms. The number of likely N-dealkylation sites (tertiary alicyclic amines) is 1. The molecule has 7 rings (SSSR count). The van der Waals surface area contributed by atoms with Crippen molar-refractivity contribution in [1.29, 1.82) is 0 Å². The summed E-state index contributed by atoms with van der Waals surface area (Å²) in [5, 5.41) is 11.0. The molecule has 2 saturated heterocycles. The van der Waals surface area contributed by atoms with E-state index in [2.05, 4.69) is 0 Å². The van der Waals surface area contributed by atoms with Crippen molar-refractivity contribution in [3.63, 3.8) is 0 Å². The van der Waals surface area contributed by atoms with E-state index in [9.17, 15) is 9.90 Å². The van der Waals surface area contributed by atoms with Crippen molar-refractivity contribution >= 4 is 5.97 Å². The quantitative estimate of drug-likeness (QED) is 0.102. The van der Waals surface area contributed by atoms with Crippen molar-refractivity contribution in [2.45, 2.75) is 81.5 Å². The zero-order valence-electron chi connectivity index (χ0n) is 31.8. The van der Waals surface area contributed by atoms with E-state index in [4.69, 9.17) is 28.4 Å². The predicted molar refractivity (Wildman–Crippen MR) is 212 cm³/mol. The number of esters is 1. The Morgan fingerprint density at radius 1 is 0.643 bits per heavy atom. The van der Waals surface area contributed by atoms with Crippen LogP contribution in [-0.4, -0.2) is 78.4 Å². The van der Waals surface area contributed by atoms with Crippen LogP contribution in [0.4, 0.5) is 0 Å². The summed E-state index contributed by atoms with van der Waals surface area (Å²) in [5.74, 6) is -0.486. The molecule has 0 radical (unpaired) electrons. The van der Waals surface area contributed by atoms with Crippen LogP contribution in [-0.2, 0) is 66.2 Å². The first-order valence-electron chi connectivity index (χ1n) is 19.3. The molecule has 0 amide bonds.